The normalized spacial score (nSPS) is 12.0. The summed E-state index contributed by atoms with van der Waals surface area (Å²) >= 11 is 0. The average Bonchev–Trinajstić information content (AvgIpc) is 3.06. The number of ether oxygens (including phenoxy) is 2. The van der Waals surface area contributed by atoms with E-state index in [1.165, 1.54) is 38.5 Å². The molecule has 2 aromatic rings. The highest BCUT2D eigenvalue weighted by Crippen LogP contribution is 2.33. The average molecular weight is 305 g/mol. The van der Waals surface area contributed by atoms with Crippen molar-refractivity contribution in [2.24, 2.45) is 5.92 Å². The van der Waals surface area contributed by atoms with E-state index < -0.39 is 29.6 Å². The van der Waals surface area contributed by atoms with Gasteiger partial charge in [0.1, 0.15) is 5.82 Å². The lowest BCUT2D eigenvalue weighted by molar-refractivity contribution is -0.159. The first kappa shape index (κ1) is 15.8. The molecule has 1 N–H and O–H groups in total. The number of hydrogen-bond acceptors (Lipinski definition) is 4. The van der Waals surface area contributed by atoms with E-state index in [0.29, 0.717) is 11.3 Å². The summed E-state index contributed by atoms with van der Waals surface area (Å²) in [6.07, 6.45) is 1.68. The van der Waals surface area contributed by atoms with Crippen LogP contribution in [0.4, 0.5) is 4.39 Å². The number of benzene rings is 1. The van der Waals surface area contributed by atoms with Gasteiger partial charge in [0.15, 0.2) is 5.92 Å². The summed E-state index contributed by atoms with van der Waals surface area (Å²) in [6.45, 7) is 0. The lowest BCUT2D eigenvalue weighted by atomic mass is 9.83. The summed E-state index contributed by atoms with van der Waals surface area (Å²) in [7, 11) is 2.41. The molecule has 1 atom stereocenters. The zero-order valence-electron chi connectivity index (χ0n) is 12.2. The van der Waals surface area contributed by atoms with Crippen LogP contribution in [0.1, 0.15) is 17.2 Å². The molecule has 1 unspecified atom stereocenters. The summed E-state index contributed by atoms with van der Waals surface area (Å²) in [5.74, 6) is -3.66. The van der Waals surface area contributed by atoms with Crippen molar-refractivity contribution in [3.8, 4) is 0 Å². The third-order valence-electron chi connectivity index (χ3n) is 3.43. The van der Waals surface area contributed by atoms with Crippen LogP contribution >= 0.6 is 0 Å². The van der Waals surface area contributed by atoms with Gasteiger partial charge >= 0.3 is 11.9 Å². The van der Waals surface area contributed by atoms with Gasteiger partial charge in [-0.05, 0) is 29.8 Å². The molecular formula is C16H16FNO4. The van der Waals surface area contributed by atoms with E-state index in [4.69, 9.17) is 9.47 Å². The molecule has 0 aliphatic heterocycles. The van der Waals surface area contributed by atoms with E-state index in [9.17, 15) is 14.0 Å². The molecule has 0 spiro atoms. The molecule has 22 heavy (non-hydrogen) atoms. The van der Waals surface area contributed by atoms with Crippen molar-refractivity contribution in [3.05, 3.63) is 59.7 Å². The number of H-pyrrole nitrogens is 1. The van der Waals surface area contributed by atoms with Gasteiger partial charge in [0.05, 0.1) is 14.2 Å². The fraction of sp³-hybridized carbons (Fsp3) is 0.250. The Morgan fingerprint density at radius 3 is 2.09 bits per heavy atom. The highest BCUT2D eigenvalue weighted by molar-refractivity contribution is 5.96. The van der Waals surface area contributed by atoms with Crippen molar-refractivity contribution >= 4 is 11.9 Å². The van der Waals surface area contributed by atoms with Crippen molar-refractivity contribution in [1.82, 2.24) is 4.98 Å². The van der Waals surface area contributed by atoms with Crippen LogP contribution in [-0.2, 0) is 19.1 Å². The first-order valence-electron chi connectivity index (χ1n) is 6.63. The Bertz CT molecular complexity index is 621. The number of esters is 2. The highest BCUT2D eigenvalue weighted by Gasteiger charge is 2.39. The maximum atomic E-state index is 13.2. The molecule has 0 fully saturated rings. The second kappa shape index (κ2) is 6.89. The van der Waals surface area contributed by atoms with Crippen LogP contribution in [0, 0.1) is 11.7 Å². The molecule has 1 aromatic carbocycles. The highest BCUT2D eigenvalue weighted by atomic mass is 19.1. The minimum absolute atomic E-state index is 0.401. The second-order valence-corrected chi connectivity index (χ2v) is 4.68. The van der Waals surface area contributed by atoms with Crippen molar-refractivity contribution in [1.29, 1.82) is 0 Å². The molecule has 1 heterocycles. The summed E-state index contributed by atoms with van der Waals surface area (Å²) in [5.41, 5.74) is 1.23. The second-order valence-electron chi connectivity index (χ2n) is 4.68. The lowest BCUT2D eigenvalue weighted by Gasteiger charge is -2.23. The largest absolute Gasteiger partial charge is 0.468 e. The summed E-state index contributed by atoms with van der Waals surface area (Å²) in [5, 5.41) is 0. The molecule has 1 aromatic heterocycles. The van der Waals surface area contributed by atoms with Gasteiger partial charge in [0.2, 0.25) is 0 Å². The first-order valence-corrected chi connectivity index (χ1v) is 6.63. The van der Waals surface area contributed by atoms with E-state index in [0.717, 1.165) is 0 Å². The van der Waals surface area contributed by atoms with Crippen molar-refractivity contribution in [3.63, 3.8) is 0 Å². The molecule has 5 nitrogen and oxygen atoms in total. The number of aromatic amines is 1. The van der Waals surface area contributed by atoms with Crippen LogP contribution in [0.2, 0.25) is 0 Å². The van der Waals surface area contributed by atoms with Crippen LogP contribution in [-0.4, -0.2) is 31.1 Å². The summed E-state index contributed by atoms with van der Waals surface area (Å²) < 4.78 is 22.6. The minimum atomic E-state index is -1.18. The Hall–Kier alpha value is -2.63. The zero-order chi connectivity index (χ0) is 16.1. The molecule has 0 saturated carbocycles. The van der Waals surface area contributed by atoms with E-state index in [2.05, 4.69) is 4.98 Å². The van der Waals surface area contributed by atoms with Crippen LogP contribution < -0.4 is 0 Å². The van der Waals surface area contributed by atoms with E-state index in [-0.39, 0.29) is 0 Å². The third-order valence-corrected chi connectivity index (χ3v) is 3.43. The molecule has 0 radical (unpaired) electrons. The number of aromatic nitrogens is 1. The van der Waals surface area contributed by atoms with Crippen LogP contribution in [0.5, 0.6) is 0 Å². The van der Waals surface area contributed by atoms with Gasteiger partial charge in [-0.2, -0.15) is 0 Å². The van der Waals surface area contributed by atoms with Gasteiger partial charge in [-0.15, -0.1) is 0 Å². The Kier molecular flexibility index (Phi) is 4.93. The quantitative estimate of drug-likeness (QED) is 0.679. The number of carbonyl (C=O) groups excluding carboxylic acids is 2. The van der Waals surface area contributed by atoms with Crippen molar-refractivity contribution < 1.29 is 23.5 Å². The zero-order valence-corrected chi connectivity index (χ0v) is 12.2. The molecule has 0 amide bonds. The molecule has 0 aliphatic rings. The molecule has 0 aliphatic carbocycles. The van der Waals surface area contributed by atoms with Gasteiger partial charge in [0, 0.05) is 17.8 Å². The van der Waals surface area contributed by atoms with Crippen LogP contribution in [0.15, 0.2) is 42.6 Å². The molecule has 0 bridgehead atoms. The fourth-order valence-corrected chi connectivity index (χ4v) is 2.38. The predicted molar refractivity (Wildman–Crippen MR) is 76.6 cm³/mol. The minimum Gasteiger partial charge on any atom is -0.468 e. The van der Waals surface area contributed by atoms with Gasteiger partial charge in [-0.1, -0.05) is 12.1 Å². The molecule has 116 valence electrons. The number of rotatable bonds is 5. The monoisotopic (exact) mass is 305 g/mol. The van der Waals surface area contributed by atoms with E-state index in [1.807, 2.05) is 0 Å². The number of carbonyl (C=O) groups is 2. The van der Waals surface area contributed by atoms with Gasteiger partial charge in [-0.3, -0.25) is 9.59 Å². The number of halogens is 1. The van der Waals surface area contributed by atoms with Crippen molar-refractivity contribution in [2.75, 3.05) is 14.2 Å². The maximum absolute atomic E-state index is 13.2. The van der Waals surface area contributed by atoms with Crippen LogP contribution in [0.25, 0.3) is 0 Å². The van der Waals surface area contributed by atoms with Gasteiger partial charge < -0.3 is 14.5 Å². The smallest absolute Gasteiger partial charge is 0.321 e. The Labute approximate surface area is 127 Å². The molecular weight excluding hydrogens is 289 g/mol. The Morgan fingerprint density at radius 1 is 1.05 bits per heavy atom. The number of methoxy groups -OCH3 is 2. The Morgan fingerprint density at radius 2 is 1.64 bits per heavy atom. The maximum Gasteiger partial charge on any atom is 0.321 e. The van der Waals surface area contributed by atoms with Crippen molar-refractivity contribution in [2.45, 2.75) is 5.92 Å². The summed E-state index contributed by atoms with van der Waals surface area (Å²) in [6, 6.07) is 9.09. The third kappa shape index (κ3) is 3.16. The number of hydrogen-bond donors (Lipinski definition) is 1. The topological polar surface area (TPSA) is 68.4 Å². The van der Waals surface area contributed by atoms with Gasteiger partial charge in [-0.25, -0.2) is 4.39 Å². The SMILES string of the molecule is COC(=O)C(C(=O)OC)C(c1ccc(F)cc1)c1ccc[nH]1. The number of nitrogens with one attached hydrogen (secondary N) is 1. The van der Waals surface area contributed by atoms with Crippen LogP contribution in [0.3, 0.4) is 0 Å². The Balaban J connectivity index is 2.53. The van der Waals surface area contributed by atoms with E-state index in [1.54, 1.807) is 18.3 Å². The standard InChI is InChI=1S/C16H16FNO4/c1-21-15(19)14(16(20)22-2)13(12-4-3-9-18-12)10-5-7-11(17)8-6-10/h3-9,13-14,18H,1-2H3. The van der Waals surface area contributed by atoms with E-state index >= 15 is 0 Å². The van der Waals surface area contributed by atoms with Gasteiger partial charge in [0.25, 0.3) is 0 Å². The molecule has 0 saturated heterocycles. The summed E-state index contributed by atoms with van der Waals surface area (Å²) in [4.78, 5) is 27.1. The molecule has 6 heteroatoms. The lowest BCUT2D eigenvalue weighted by Crippen LogP contribution is -2.33. The fourth-order valence-electron chi connectivity index (χ4n) is 2.38. The molecule has 2 rings (SSSR count). The predicted octanol–water partition coefficient (Wildman–Crippen LogP) is 2.25. The first-order chi connectivity index (χ1) is 10.6.